The van der Waals surface area contributed by atoms with Crippen LogP contribution in [0.15, 0.2) is 18.2 Å². The SMILES string of the molecule is CC(C)C(NCc1cc(F)ccc1[N+](=O)[O-])C(=O)O. The molecule has 0 saturated carbocycles. The molecule has 7 heteroatoms. The van der Waals surface area contributed by atoms with Gasteiger partial charge < -0.3 is 5.11 Å². The van der Waals surface area contributed by atoms with Gasteiger partial charge in [-0.3, -0.25) is 20.2 Å². The van der Waals surface area contributed by atoms with Crippen LogP contribution in [0.4, 0.5) is 10.1 Å². The molecule has 0 aliphatic rings. The van der Waals surface area contributed by atoms with Crippen LogP contribution in [-0.4, -0.2) is 22.0 Å². The Bertz CT molecular complexity index is 491. The van der Waals surface area contributed by atoms with Gasteiger partial charge in [0, 0.05) is 18.2 Å². The van der Waals surface area contributed by atoms with Crippen LogP contribution in [0.3, 0.4) is 0 Å². The summed E-state index contributed by atoms with van der Waals surface area (Å²) < 4.78 is 13.1. The van der Waals surface area contributed by atoms with E-state index in [0.29, 0.717) is 0 Å². The fourth-order valence-corrected chi connectivity index (χ4v) is 1.70. The molecule has 0 saturated heterocycles. The van der Waals surface area contributed by atoms with E-state index in [1.807, 2.05) is 0 Å². The standard InChI is InChI=1S/C12H15FN2O4/c1-7(2)11(12(16)17)14-6-8-5-9(13)3-4-10(8)15(18)19/h3-5,7,11,14H,6H2,1-2H3,(H,16,17). The Hall–Kier alpha value is -2.02. The van der Waals surface area contributed by atoms with Gasteiger partial charge in [0.15, 0.2) is 0 Å². The van der Waals surface area contributed by atoms with Crippen molar-refractivity contribution in [2.45, 2.75) is 26.4 Å². The number of carboxylic acid groups (broad SMARTS) is 1. The number of carbonyl (C=O) groups is 1. The second-order valence-corrected chi connectivity index (χ2v) is 4.47. The monoisotopic (exact) mass is 270 g/mol. The summed E-state index contributed by atoms with van der Waals surface area (Å²) in [6.45, 7) is 3.35. The van der Waals surface area contributed by atoms with E-state index >= 15 is 0 Å². The van der Waals surface area contributed by atoms with Gasteiger partial charge in [-0.05, 0) is 18.1 Å². The summed E-state index contributed by atoms with van der Waals surface area (Å²) in [6.07, 6.45) is 0. The molecule has 0 fully saturated rings. The van der Waals surface area contributed by atoms with E-state index in [-0.39, 0.29) is 23.7 Å². The average Bonchev–Trinajstić information content (AvgIpc) is 2.27. The lowest BCUT2D eigenvalue weighted by Crippen LogP contribution is -2.40. The van der Waals surface area contributed by atoms with Gasteiger partial charge >= 0.3 is 5.97 Å². The molecule has 1 aromatic rings. The molecule has 2 N–H and O–H groups in total. The molecule has 0 heterocycles. The first-order chi connectivity index (χ1) is 8.82. The van der Waals surface area contributed by atoms with Gasteiger partial charge in [0.05, 0.1) is 4.92 Å². The minimum absolute atomic E-state index is 0.0801. The maximum atomic E-state index is 13.1. The van der Waals surface area contributed by atoms with Crippen LogP contribution in [0, 0.1) is 21.8 Å². The number of hydrogen-bond acceptors (Lipinski definition) is 4. The summed E-state index contributed by atoms with van der Waals surface area (Å²) in [7, 11) is 0. The smallest absolute Gasteiger partial charge is 0.320 e. The number of carboxylic acids is 1. The van der Waals surface area contributed by atoms with Crippen LogP contribution in [0.5, 0.6) is 0 Å². The molecule has 1 atom stereocenters. The molecule has 1 aromatic carbocycles. The lowest BCUT2D eigenvalue weighted by Gasteiger charge is -2.17. The maximum absolute atomic E-state index is 13.1. The zero-order valence-electron chi connectivity index (χ0n) is 10.6. The molecule has 0 aliphatic heterocycles. The fourth-order valence-electron chi connectivity index (χ4n) is 1.70. The number of benzene rings is 1. The normalized spacial score (nSPS) is 12.4. The molecule has 1 rings (SSSR count). The molecule has 19 heavy (non-hydrogen) atoms. The molecule has 0 spiro atoms. The van der Waals surface area contributed by atoms with Crippen LogP contribution in [0.25, 0.3) is 0 Å². The summed E-state index contributed by atoms with van der Waals surface area (Å²) in [4.78, 5) is 21.1. The first kappa shape index (κ1) is 15.0. The van der Waals surface area contributed by atoms with Crippen molar-refractivity contribution in [3.8, 4) is 0 Å². The number of nitro groups is 1. The van der Waals surface area contributed by atoms with Crippen LogP contribution in [0.2, 0.25) is 0 Å². The zero-order chi connectivity index (χ0) is 14.6. The van der Waals surface area contributed by atoms with E-state index in [0.717, 1.165) is 18.2 Å². The minimum Gasteiger partial charge on any atom is -0.480 e. The van der Waals surface area contributed by atoms with Crippen molar-refractivity contribution in [3.63, 3.8) is 0 Å². The number of nitro benzene ring substituents is 1. The van der Waals surface area contributed by atoms with Crippen molar-refractivity contribution in [3.05, 3.63) is 39.7 Å². The van der Waals surface area contributed by atoms with Crippen molar-refractivity contribution in [2.24, 2.45) is 5.92 Å². The highest BCUT2D eigenvalue weighted by atomic mass is 19.1. The third-order valence-corrected chi connectivity index (χ3v) is 2.68. The van der Waals surface area contributed by atoms with Gasteiger partial charge in [0.1, 0.15) is 11.9 Å². The molecule has 0 aromatic heterocycles. The lowest BCUT2D eigenvalue weighted by molar-refractivity contribution is -0.385. The fraction of sp³-hybridized carbons (Fsp3) is 0.417. The van der Waals surface area contributed by atoms with Gasteiger partial charge in [-0.25, -0.2) is 4.39 Å². The summed E-state index contributed by atoms with van der Waals surface area (Å²) in [5, 5.41) is 22.5. The number of hydrogen-bond donors (Lipinski definition) is 2. The zero-order valence-corrected chi connectivity index (χ0v) is 10.6. The van der Waals surface area contributed by atoms with Gasteiger partial charge in [-0.15, -0.1) is 0 Å². The molecule has 6 nitrogen and oxygen atoms in total. The number of nitrogens with one attached hydrogen (secondary N) is 1. The highest BCUT2D eigenvalue weighted by Crippen LogP contribution is 2.19. The molecule has 0 bridgehead atoms. The first-order valence-electron chi connectivity index (χ1n) is 5.72. The number of nitrogens with zero attached hydrogens (tertiary/aromatic N) is 1. The third kappa shape index (κ3) is 3.99. The topological polar surface area (TPSA) is 92.5 Å². The first-order valence-corrected chi connectivity index (χ1v) is 5.72. The van der Waals surface area contributed by atoms with Crippen LogP contribution in [-0.2, 0) is 11.3 Å². The van der Waals surface area contributed by atoms with E-state index in [4.69, 9.17) is 5.11 Å². The Balaban J connectivity index is 2.90. The van der Waals surface area contributed by atoms with E-state index in [1.165, 1.54) is 0 Å². The third-order valence-electron chi connectivity index (χ3n) is 2.68. The number of aliphatic carboxylic acids is 1. The largest absolute Gasteiger partial charge is 0.480 e. The molecule has 0 amide bonds. The van der Waals surface area contributed by atoms with E-state index in [2.05, 4.69) is 5.32 Å². The minimum atomic E-state index is -1.05. The van der Waals surface area contributed by atoms with Crippen molar-refractivity contribution in [1.29, 1.82) is 0 Å². The Morgan fingerprint density at radius 1 is 1.53 bits per heavy atom. The average molecular weight is 270 g/mol. The summed E-state index contributed by atoms with van der Waals surface area (Å²) in [6, 6.07) is 2.25. The van der Waals surface area contributed by atoms with Crippen molar-refractivity contribution in [1.82, 2.24) is 5.32 Å². The Labute approximate surface area is 109 Å². The second kappa shape index (κ2) is 6.24. The molecule has 0 radical (unpaired) electrons. The molecular formula is C12H15FN2O4. The quantitative estimate of drug-likeness (QED) is 0.608. The number of rotatable bonds is 6. The van der Waals surface area contributed by atoms with Gasteiger partial charge in [-0.1, -0.05) is 13.8 Å². The van der Waals surface area contributed by atoms with Crippen molar-refractivity contribution >= 4 is 11.7 Å². The van der Waals surface area contributed by atoms with E-state index in [9.17, 15) is 19.3 Å². The van der Waals surface area contributed by atoms with E-state index < -0.39 is 22.8 Å². The molecular weight excluding hydrogens is 255 g/mol. The Kier molecular flexibility index (Phi) is 4.94. The van der Waals surface area contributed by atoms with E-state index in [1.54, 1.807) is 13.8 Å². The van der Waals surface area contributed by atoms with Crippen LogP contribution >= 0.6 is 0 Å². The molecule has 104 valence electrons. The summed E-state index contributed by atoms with van der Waals surface area (Å²) in [5.74, 6) is -1.84. The van der Waals surface area contributed by atoms with Gasteiger partial charge in [0.25, 0.3) is 5.69 Å². The van der Waals surface area contributed by atoms with Crippen LogP contribution in [0.1, 0.15) is 19.4 Å². The summed E-state index contributed by atoms with van der Waals surface area (Å²) >= 11 is 0. The lowest BCUT2D eigenvalue weighted by atomic mass is 10.0. The van der Waals surface area contributed by atoms with Crippen molar-refractivity contribution < 1.29 is 19.2 Å². The van der Waals surface area contributed by atoms with Crippen molar-refractivity contribution in [2.75, 3.05) is 0 Å². The predicted octanol–water partition coefficient (Wildman–Crippen LogP) is 1.93. The summed E-state index contributed by atoms with van der Waals surface area (Å²) in [5.41, 5.74) is -0.112. The molecule has 0 aliphatic carbocycles. The second-order valence-electron chi connectivity index (χ2n) is 4.47. The predicted molar refractivity (Wildman–Crippen MR) is 66.2 cm³/mol. The highest BCUT2D eigenvalue weighted by Gasteiger charge is 2.22. The number of halogens is 1. The Morgan fingerprint density at radius 3 is 2.63 bits per heavy atom. The van der Waals surface area contributed by atoms with Crippen LogP contribution < -0.4 is 5.32 Å². The van der Waals surface area contributed by atoms with Gasteiger partial charge in [0.2, 0.25) is 0 Å². The highest BCUT2D eigenvalue weighted by molar-refractivity contribution is 5.73. The maximum Gasteiger partial charge on any atom is 0.320 e. The Morgan fingerprint density at radius 2 is 2.16 bits per heavy atom. The molecule has 1 unspecified atom stereocenters. The van der Waals surface area contributed by atoms with Gasteiger partial charge in [-0.2, -0.15) is 0 Å².